The summed E-state index contributed by atoms with van der Waals surface area (Å²) in [6, 6.07) is 3.33. The molecular formula is C23H37N3O5. The van der Waals surface area contributed by atoms with Crippen molar-refractivity contribution in [3.05, 3.63) is 34.9 Å². The van der Waals surface area contributed by atoms with Gasteiger partial charge in [0.25, 0.3) is 0 Å². The van der Waals surface area contributed by atoms with Crippen LogP contribution in [-0.4, -0.2) is 58.8 Å². The number of ether oxygens (including phenoxy) is 1. The number of rotatable bonds is 8. The summed E-state index contributed by atoms with van der Waals surface area (Å²) in [4.78, 5) is 40.0. The van der Waals surface area contributed by atoms with Gasteiger partial charge in [-0.2, -0.15) is 0 Å². The Kier molecular flexibility index (Phi) is 9.49. The number of amides is 3. The molecule has 3 amide bonds. The highest BCUT2D eigenvalue weighted by molar-refractivity contribution is 5.92. The van der Waals surface area contributed by atoms with Gasteiger partial charge in [0.1, 0.15) is 17.7 Å². The van der Waals surface area contributed by atoms with E-state index in [0.29, 0.717) is 5.56 Å². The summed E-state index contributed by atoms with van der Waals surface area (Å²) in [6.45, 7) is 14.0. The van der Waals surface area contributed by atoms with Crippen LogP contribution in [0.2, 0.25) is 0 Å². The molecule has 0 aromatic heterocycles. The van der Waals surface area contributed by atoms with Crippen LogP contribution in [0.5, 0.6) is 0 Å². The zero-order valence-electron chi connectivity index (χ0n) is 19.9. The number of aliphatic hydroxyl groups is 1. The summed E-state index contributed by atoms with van der Waals surface area (Å²) in [5.74, 6) is -0.895. The fraction of sp³-hybridized carbons (Fsp3) is 0.609. The van der Waals surface area contributed by atoms with Gasteiger partial charge >= 0.3 is 6.09 Å². The van der Waals surface area contributed by atoms with Crippen LogP contribution in [-0.2, 0) is 14.3 Å². The molecule has 0 bridgehead atoms. The maximum absolute atomic E-state index is 13.3. The maximum atomic E-state index is 13.3. The van der Waals surface area contributed by atoms with Crippen molar-refractivity contribution in [2.24, 2.45) is 0 Å². The Morgan fingerprint density at radius 2 is 1.74 bits per heavy atom. The van der Waals surface area contributed by atoms with Gasteiger partial charge in [-0.25, -0.2) is 4.79 Å². The predicted octanol–water partition coefficient (Wildman–Crippen LogP) is 2.60. The number of alkyl carbamates (subject to hydrolysis) is 1. The Labute approximate surface area is 185 Å². The predicted molar refractivity (Wildman–Crippen MR) is 120 cm³/mol. The summed E-state index contributed by atoms with van der Waals surface area (Å²) < 4.78 is 5.20. The van der Waals surface area contributed by atoms with Crippen LogP contribution in [0, 0.1) is 13.8 Å². The number of aliphatic hydroxyl groups excluding tert-OH is 1. The highest BCUT2D eigenvalue weighted by Crippen LogP contribution is 2.27. The second-order valence-corrected chi connectivity index (χ2v) is 8.86. The summed E-state index contributed by atoms with van der Waals surface area (Å²) in [5, 5.41) is 15.1. The van der Waals surface area contributed by atoms with Gasteiger partial charge in [-0.15, -0.1) is 0 Å². The molecule has 3 N–H and O–H groups in total. The van der Waals surface area contributed by atoms with Gasteiger partial charge < -0.3 is 25.4 Å². The van der Waals surface area contributed by atoms with Crippen LogP contribution in [0.15, 0.2) is 18.2 Å². The molecular weight excluding hydrogens is 398 g/mol. The Hall–Kier alpha value is -2.61. The number of aryl methyl sites for hydroxylation is 1. The fourth-order valence-electron chi connectivity index (χ4n) is 3.19. The van der Waals surface area contributed by atoms with E-state index >= 15 is 0 Å². The van der Waals surface area contributed by atoms with Crippen LogP contribution in [0.3, 0.4) is 0 Å². The number of hydrogen-bond donors (Lipinski definition) is 3. The van der Waals surface area contributed by atoms with Crippen molar-refractivity contribution < 1.29 is 24.2 Å². The van der Waals surface area contributed by atoms with Gasteiger partial charge in [0.15, 0.2) is 0 Å². The molecule has 0 saturated heterocycles. The quantitative estimate of drug-likeness (QED) is 0.582. The van der Waals surface area contributed by atoms with Crippen molar-refractivity contribution in [3.63, 3.8) is 0 Å². The van der Waals surface area contributed by atoms with E-state index < -0.39 is 36.3 Å². The van der Waals surface area contributed by atoms with E-state index in [1.165, 1.54) is 4.90 Å². The second-order valence-electron chi connectivity index (χ2n) is 8.86. The van der Waals surface area contributed by atoms with Gasteiger partial charge in [-0.05, 0) is 72.1 Å². The van der Waals surface area contributed by atoms with E-state index in [2.05, 4.69) is 10.6 Å². The van der Waals surface area contributed by atoms with Crippen molar-refractivity contribution in [2.45, 2.75) is 79.1 Å². The topological polar surface area (TPSA) is 108 Å². The van der Waals surface area contributed by atoms with Crippen LogP contribution in [0.1, 0.15) is 64.3 Å². The average molecular weight is 436 g/mol. The molecule has 0 radical (unpaired) electrons. The SMILES string of the molecule is CCN(C(=O)C(CO)NC(=O)OC(C)(C)C)C(C(=O)NC(C)C)c1cccc(C)c1C. The number of carbonyl (C=O) groups is 3. The van der Waals surface area contributed by atoms with Crippen molar-refractivity contribution >= 4 is 17.9 Å². The largest absolute Gasteiger partial charge is 0.444 e. The normalized spacial score (nSPS) is 13.4. The van der Waals surface area contributed by atoms with Crippen molar-refractivity contribution in [3.8, 4) is 0 Å². The summed E-state index contributed by atoms with van der Waals surface area (Å²) in [5.41, 5.74) is 1.84. The van der Waals surface area contributed by atoms with E-state index in [4.69, 9.17) is 4.74 Å². The lowest BCUT2D eigenvalue weighted by atomic mass is 9.95. The van der Waals surface area contributed by atoms with Gasteiger partial charge in [-0.3, -0.25) is 9.59 Å². The zero-order valence-corrected chi connectivity index (χ0v) is 19.9. The molecule has 1 aromatic carbocycles. The number of hydrogen-bond acceptors (Lipinski definition) is 5. The molecule has 0 spiro atoms. The molecule has 31 heavy (non-hydrogen) atoms. The standard InChI is InChI=1S/C23H37N3O5/c1-9-26(21(29)18(13-27)25-22(30)31-23(6,7)8)19(20(28)24-14(2)3)17-12-10-11-15(4)16(17)5/h10-12,14,18-19,27H,9,13H2,1-8H3,(H,24,28)(H,25,30). The molecule has 1 rings (SSSR count). The summed E-state index contributed by atoms with van der Waals surface area (Å²) >= 11 is 0. The molecule has 0 heterocycles. The lowest BCUT2D eigenvalue weighted by molar-refractivity contribution is -0.143. The first-order valence-corrected chi connectivity index (χ1v) is 10.6. The minimum Gasteiger partial charge on any atom is -0.444 e. The lowest BCUT2D eigenvalue weighted by Crippen LogP contribution is -2.54. The zero-order chi connectivity index (χ0) is 23.9. The number of benzene rings is 1. The van der Waals surface area contributed by atoms with E-state index in [9.17, 15) is 19.5 Å². The van der Waals surface area contributed by atoms with Crippen LogP contribution < -0.4 is 10.6 Å². The van der Waals surface area contributed by atoms with Gasteiger partial charge in [0, 0.05) is 12.6 Å². The maximum Gasteiger partial charge on any atom is 0.408 e. The van der Waals surface area contributed by atoms with Gasteiger partial charge in [0.2, 0.25) is 11.8 Å². The highest BCUT2D eigenvalue weighted by Gasteiger charge is 2.36. The molecule has 8 nitrogen and oxygen atoms in total. The number of nitrogens with zero attached hydrogens (tertiary/aromatic N) is 1. The number of carbonyl (C=O) groups excluding carboxylic acids is 3. The lowest BCUT2D eigenvalue weighted by Gasteiger charge is -2.34. The monoisotopic (exact) mass is 435 g/mol. The van der Waals surface area contributed by atoms with E-state index in [-0.39, 0.29) is 18.5 Å². The molecule has 2 atom stereocenters. The summed E-state index contributed by atoms with van der Waals surface area (Å²) in [7, 11) is 0. The summed E-state index contributed by atoms with van der Waals surface area (Å²) in [6.07, 6.45) is -0.814. The van der Waals surface area contributed by atoms with E-state index in [1.807, 2.05) is 45.9 Å². The number of likely N-dealkylation sites (N-methyl/N-ethyl adjacent to an activating group) is 1. The van der Waals surface area contributed by atoms with Crippen LogP contribution in [0.25, 0.3) is 0 Å². The van der Waals surface area contributed by atoms with Gasteiger partial charge in [0.05, 0.1) is 6.61 Å². The van der Waals surface area contributed by atoms with Crippen molar-refractivity contribution in [2.75, 3.05) is 13.2 Å². The molecule has 0 fully saturated rings. The third-order valence-corrected chi connectivity index (χ3v) is 4.73. The molecule has 0 saturated carbocycles. The minimum atomic E-state index is -1.24. The Bertz CT molecular complexity index is 786. The fourth-order valence-corrected chi connectivity index (χ4v) is 3.19. The number of nitrogens with one attached hydrogen (secondary N) is 2. The van der Waals surface area contributed by atoms with Crippen molar-refractivity contribution in [1.29, 1.82) is 0 Å². The first-order valence-electron chi connectivity index (χ1n) is 10.6. The van der Waals surface area contributed by atoms with Crippen LogP contribution >= 0.6 is 0 Å². The molecule has 174 valence electrons. The first-order chi connectivity index (χ1) is 14.3. The Morgan fingerprint density at radius 3 is 2.23 bits per heavy atom. The molecule has 0 aliphatic carbocycles. The van der Waals surface area contributed by atoms with E-state index in [0.717, 1.165) is 11.1 Å². The minimum absolute atomic E-state index is 0.123. The Balaban J connectivity index is 3.32. The van der Waals surface area contributed by atoms with Crippen molar-refractivity contribution in [1.82, 2.24) is 15.5 Å². The van der Waals surface area contributed by atoms with Crippen LogP contribution in [0.4, 0.5) is 4.79 Å². The molecule has 2 unspecified atom stereocenters. The third kappa shape index (κ3) is 7.54. The molecule has 8 heteroatoms. The highest BCUT2D eigenvalue weighted by atomic mass is 16.6. The van der Waals surface area contributed by atoms with Gasteiger partial charge in [-0.1, -0.05) is 18.2 Å². The smallest absolute Gasteiger partial charge is 0.408 e. The van der Waals surface area contributed by atoms with E-state index in [1.54, 1.807) is 27.7 Å². The first kappa shape index (κ1) is 26.4. The third-order valence-electron chi connectivity index (χ3n) is 4.73. The Morgan fingerprint density at radius 1 is 1.13 bits per heavy atom. The second kappa shape index (κ2) is 11.1. The molecule has 0 aliphatic heterocycles. The molecule has 1 aromatic rings. The average Bonchev–Trinajstić information content (AvgIpc) is 2.64. The molecule has 0 aliphatic rings.